The average molecular weight is 279 g/mol. The van der Waals surface area contributed by atoms with Crippen LogP contribution in [-0.4, -0.2) is 5.97 Å². The zero-order chi connectivity index (χ0) is 15.2. The standard InChI is InChI=1S/C15H26N.C2H4O2/c1-3-4-5-6-7-8-9-12-16-13-10-11-15(2)14-16;1-2(3)4/h10-11,13-14H,3-9,12H2,1-2H3;1H3,(H,3,4)/q+1;/p-1. The van der Waals surface area contributed by atoms with Crippen molar-refractivity contribution in [3.63, 3.8) is 0 Å². The fraction of sp³-hybridized carbons (Fsp3) is 0.647. The number of hydrogen-bond donors (Lipinski definition) is 0. The van der Waals surface area contributed by atoms with E-state index in [0.29, 0.717) is 0 Å². The first kappa shape index (κ1) is 18.6. The third-order valence-corrected chi connectivity index (χ3v) is 3.03. The van der Waals surface area contributed by atoms with Gasteiger partial charge in [-0.25, -0.2) is 4.57 Å². The molecule has 0 aliphatic rings. The molecule has 3 nitrogen and oxygen atoms in total. The van der Waals surface area contributed by atoms with Gasteiger partial charge in [-0.15, -0.1) is 0 Å². The van der Waals surface area contributed by atoms with Crippen LogP contribution in [0.5, 0.6) is 0 Å². The predicted molar refractivity (Wildman–Crippen MR) is 80.0 cm³/mol. The van der Waals surface area contributed by atoms with Crippen molar-refractivity contribution >= 4 is 5.97 Å². The molecular weight excluding hydrogens is 250 g/mol. The van der Waals surface area contributed by atoms with Gasteiger partial charge in [-0.1, -0.05) is 39.0 Å². The molecule has 114 valence electrons. The van der Waals surface area contributed by atoms with Crippen molar-refractivity contribution in [2.75, 3.05) is 0 Å². The van der Waals surface area contributed by atoms with Crippen LogP contribution in [0.4, 0.5) is 0 Å². The molecule has 1 rings (SSSR count). The molecule has 0 amide bonds. The quantitative estimate of drug-likeness (QED) is 0.542. The van der Waals surface area contributed by atoms with E-state index in [1.165, 1.54) is 57.1 Å². The first-order valence-electron chi connectivity index (χ1n) is 7.69. The van der Waals surface area contributed by atoms with Crippen LogP contribution < -0.4 is 9.67 Å². The van der Waals surface area contributed by atoms with Gasteiger partial charge in [0.1, 0.15) is 6.54 Å². The smallest absolute Gasteiger partial charge is 0.171 e. The van der Waals surface area contributed by atoms with Crippen molar-refractivity contribution in [1.82, 2.24) is 0 Å². The maximum atomic E-state index is 8.89. The normalized spacial score (nSPS) is 9.75. The van der Waals surface area contributed by atoms with Crippen molar-refractivity contribution in [3.05, 3.63) is 30.1 Å². The molecule has 0 spiro atoms. The van der Waals surface area contributed by atoms with Crippen molar-refractivity contribution < 1.29 is 14.5 Å². The number of pyridine rings is 1. The zero-order valence-electron chi connectivity index (χ0n) is 13.2. The van der Waals surface area contributed by atoms with Crippen molar-refractivity contribution in [3.8, 4) is 0 Å². The molecule has 1 aromatic heterocycles. The SMILES string of the molecule is CC(=O)[O-].CCCCCCCCC[n+]1cccc(C)c1. The highest BCUT2D eigenvalue weighted by Gasteiger charge is 1.99. The molecule has 1 heterocycles. The second kappa shape index (κ2) is 12.6. The summed E-state index contributed by atoms with van der Waals surface area (Å²) in [5.41, 5.74) is 1.35. The molecule has 0 unspecified atom stereocenters. The molecule has 0 radical (unpaired) electrons. The predicted octanol–water partition coefficient (Wildman–Crippen LogP) is 2.79. The summed E-state index contributed by atoms with van der Waals surface area (Å²) in [6, 6.07) is 4.29. The number of aryl methyl sites for hydroxylation is 2. The van der Waals surface area contributed by atoms with Crippen LogP contribution in [0.3, 0.4) is 0 Å². The maximum absolute atomic E-state index is 8.89. The molecule has 1 aromatic rings. The zero-order valence-corrected chi connectivity index (χ0v) is 13.2. The van der Waals surface area contributed by atoms with Crippen molar-refractivity contribution in [2.45, 2.75) is 72.3 Å². The summed E-state index contributed by atoms with van der Waals surface area (Å²) in [7, 11) is 0. The Morgan fingerprint density at radius 2 is 1.70 bits per heavy atom. The van der Waals surface area contributed by atoms with Gasteiger partial charge < -0.3 is 9.90 Å². The van der Waals surface area contributed by atoms with Gasteiger partial charge in [-0.2, -0.15) is 0 Å². The molecule has 3 heteroatoms. The fourth-order valence-corrected chi connectivity index (χ4v) is 2.04. The number of nitrogens with zero attached hydrogens (tertiary/aromatic N) is 1. The summed E-state index contributed by atoms with van der Waals surface area (Å²) in [6.07, 6.45) is 14.1. The fourth-order valence-electron chi connectivity index (χ4n) is 2.04. The van der Waals surface area contributed by atoms with Gasteiger partial charge in [0.05, 0.1) is 0 Å². The number of carbonyl (C=O) groups excluding carboxylic acids is 1. The summed E-state index contributed by atoms with van der Waals surface area (Å²) in [5.74, 6) is -1.08. The Labute approximate surface area is 123 Å². The number of hydrogen-bond acceptors (Lipinski definition) is 2. The van der Waals surface area contributed by atoms with E-state index >= 15 is 0 Å². The van der Waals surface area contributed by atoms with Crippen molar-refractivity contribution in [2.24, 2.45) is 0 Å². The highest BCUT2D eigenvalue weighted by atomic mass is 16.4. The van der Waals surface area contributed by atoms with E-state index in [4.69, 9.17) is 9.90 Å². The summed E-state index contributed by atoms with van der Waals surface area (Å²) in [4.78, 5) is 8.89. The molecule has 0 bridgehead atoms. The van der Waals surface area contributed by atoms with Gasteiger partial charge in [0.15, 0.2) is 12.4 Å². The molecule has 0 N–H and O–H groups in total. The lowest BCUT2D eigenvalue weighted by molar-refractivity contribution is -0.697. The largest absolute Gasteiger partial charge is 0.550 e. The van der Waals surface area contributed by atoms with Crippen LogP contribution in [0.1, 0.15) is 64.4 Å². The number of aliphatic carboxylic acids is 1. The molecule has 0 fully saturated rings. The van der Waals surface area contributed by atoms with Gasteiger partial charge in [-0.05, 0) is 26.3 Å². The topological polar surface area (TPSA) is 44.0 Å². The van der Waals surface area contributed by atoms with Crippen molar-refractivity contribution in [1.29, 1.82) is 0 Å². The molecule has 0 aliphatic heterocycles. The Morgan fingerprint density at radius 3 is 2.25 bits per heavy atom. The van der Waals surface area contributed by atoms with E-state index in [9.17, 15) is 0 Å². The van der Waals surface area contributed by atoms with Gasteiger partial charge >= 0.3 is 0 Å². The van der Waals surface area contributed by atoms with Crippen LogP contribution in [0.25, 0.3) is 0 Å². The molecule has 0 saturated carbocycles. The summed E-state index contributed by atoms with van der Waals surface area (Å²) in [5, 5.41) is 8.89. The number of carboxylic acids is 1. The number of carbonyl (C=O) groups is 1. The second-order valence-corrected chi connectivity index (χ2v) is 5.23. The lowest BCUT2D eigenvalue weighted by Crippen LogP contribution is -2.32. The van der Waals surface area contributed by atoms with Gasteiger partial charge in [0.2, 0.25) is 0 Å². The average Bonchev–Trinajstić information content (AvgIpc) is 2.37. The maximum Gasteiger partial charge on any atom is 0.171 e. The second-order valence-electron chi connectivity index (χ2n) is 5.23. The monoisotopic (exact) mass is 279 g/mol. The van der Waals surface area contributed by atoms with Crippen LogP contribution in [0.2, 0.25) is 0 Å². The van der Waals surface area contributed by atoms with Crippen LogP contribution in [-0.2, 0) is 11.3 Å². The molecule has 0 atom stereocenters. The first-order valence-corrected chi connectivity index (χ1v) is 7.69. The minimum absolute atomic E-state index is 0.972. The Morgan fingerprint density at radius 1 is 1.15 bits per heavy atom. The number of rotatable bonds is 8. The van der Waals surface area contributed by atoms with E-state index in [-0.39, 0.29) is 0 Å². The summed E-state index contributed by atoms with van der Waals surface area (Å²) < 4.78 is 2.31. The Kier molecular flexibility index (Phi) is 11.8. The van der Waals surface area contributed by atoms with E-state index in [0.717, 1.165) is 6.92 Å². The molecule has 0 aromatic carbocycles. The molecular formula is C17H29NO2. The molecule has 20 heavy (non-hydrogen) atoms. The highest BCUT2D eigenvalue weighted by molar-refractivity contribution is 5.60. The van der Waals surface area contributed by atoms with Gasteiger partial charge in [0, 0.05) is 24.0 Å². The third-order valence-electron chi connectivity index (χ3n) is 3.03. The van der Waals surface area contributed by atoms with Crippen LogP contribution in [0.15, 0.2) is 24.5 Å². The van der Waals surface area contributed by atoms with E-state index < -0.39 is 5.97 Å². The first-order chi connectivity index (χ1) is 9.56. The number of aromatic nitrogens is 1. The third kappa shape index (κ3) is 13.1. The van der Waals surface area contributed by atoms with E-state index in [2.05, 4.69) is 42.9 Å². The Balaban J connectivity index is 0.000000796. The number of carboxylic acid groups (broad SMARTS) is 1. The van der Waals surface area contributed by atoms with Crippen LogP contribution in [0, 0.1) is 6.92 Å². The van der Waals surface area contributed by atoms with E-state index in [1.54, 1.807) is 0 Å². The Bertz CT molecular complexity index is 360. The number of unbranched alkanes of at least 4 members (excludes halogenated alkanes) is 6. The van der Waals surface area contributed by atoms with E-state index in [1.807, 2.05) is 0 Å². The molecule has 0 saturated heterocycles. The summed E-state index contributed by atoms with van der Waals surface area (Å²) >= 11 is 0. The van der Waals surface area contributed by atoms with Crippen LogP contribution >= 0.6 is 0 Å². The lowest BCUT2D eigenvalue weighted by Gasteiger charge is -2.00. The minimum Gasteiger partial charge on any atom is -0.550 e. The lowest BCUT2D eigenvalue weighted by atomic mass is 10.1. The summed E-state index contributed by atoms with van der Waals surface area (Å²) in [6.45, 7) is 6.57. The van der Waals surface area contributed by atoms with Gasteiger partial charge in [0.25, 0.3) is 0 Å². The minimum atomic E-state index is -1.08. The molecule has 0 aliphatic carbocycles. The Hall–Kier alpha value is -1.38. The van der Waals surface area contributed by atoms with Gasteiger partial charge in [-0.3, -0.25) is 0 Å². The highest BCUT2D eigenvalue weighted by Crippen LogP contribution is 2.06.